The van der Waals surface area contributed by atoms with Crippen LogP contribution in [-0.4, -0.2) is 26.7 Å². The SMILES string of the molecule is Cc1nc(C)c(C)c(NCCc2nc(C(C)C)no2)n1. The number of rotatable bonds is 5. The molecule has 2 heterocycles. The summed E-state index contributed by atoms with van der Waals surface area (Å²) in [4.78, 5) is 13.1. The van der Waals surface area contributed by atoms with E-state index in [-0.39, 0.29) is 5.92 Å². The van der Waals surface area contributed by atoms with E-state index in [1.807, 2.05) is 34.6 Å². The van der Waals surface area contributed by atoms with Crippen molar-refractivity contribution in [3.8, 4) is 0 Å². The summed E-state index contributed by atoms with van der Waals surface area (Å²) in [7, 11) is 0. The molecule has 0 fully saturated rings. The Bertz CT molecular complexity index is 591. The second kappa shape index (κ2) is 5.98. The van der Waals surface area contributed by atoms with Gasteiger partial charge in [0.25, 0.3) is 0 Å². The summed E-state index contributed by atoms with van der Waals surface area (Å²) in [5, 5.41) is 7.25. The van der Waals surface area contributed by atoms with Crippen LogP contribution in [0.3, 0.4) is 0 Å². The maximum Gasteiger partial charge on any atom is 0.228 e. The van der Waals surface area contributed by atoms with Crippen LogP contribution in [0, 0.1) is 20.8 Å². The minimum absolute atomic E-state index is 0.287. The van der Waals surface area contributed by atoms with Crippen LogP contribution in [0.5, 0.6) is 0 Å². The van der Waals surface area contributed by atoms with Gasteiger partial charge in [-0.3, -0.25) is 0 Å². The average molecular weight is 275 g/mol. The van der Waals surface area contributed by atoms with Crippen molar-refractivity contribution in [2.75, 3.05) is 11.9 Å². The van der Waals surface area contributed by atoms with Crippen molar-refractivity contribution < 1.29 is 4.52 Å². The van der Waals surface area contributed by atoms with Gasteiger partial charge < -0.3 is 9.84 Å². The van der Waals surface area contributed by atoms with Gasteiger partial charge in [-0.2, -0.15) is 4.98 Å². The zero-order valence-electron chi connectivity index (χ0n) is 12.7. The Kier molecular flexibility index (Phi) is 4.32. The second-order valence-electron chi connectivity index (χ2n) is 5.21. The first-order valence-corrected chi connectivity index (χ1v) is 6.85. The molecule has 1 N–H and O–H groups in total. The molecule has 0 atom stereocenters. The molecule has 0 saturated heterocycles. The number of nitrogens with zero attached hydrogens (tertiary/aromatic N) is 4. The highest BCUT2D eigenvalue weighted by molar-refractivity contribution is 5.45. The molecule has 6 heteroatoms. The lowest BCUT2D eigenvalue weighted by molar-refractivity contribution is 0.373. The number of anilines is 1. The Morgan fingerprint density at radius 1 is 1.10 bits per heavy atom. The monoisotopic (exact) mass is 275 g/mol. The smallest absolute Gasteiger partial charge is 0.228 e. The van der Waals surface area contributed by atoms with E-state index in [1.54, 1.807) is 0 Å². The van der Waals surface area contributed by atoms with Crippen molar-refractivity contribution in [3.05, 3.63) is 28.8 Å². The topological polar surface area (TPSA) is 76.7 Å². The van der Waals surface area contributed by atoms with E-state index >= 15 is 0 Å². The fourth-order valence-electron chi connectivity index (χ4n) is 1.83. The van der Waals surface area contributed by atoms with Gasteiger partial charge in [-0.1, -0.05) is 19.0 Å². The van der Waals surface area contributed by atoms with Gasteiger partial charge >= 0.3 is 0 Å². The summed E-state index contributed by atoms with van der Waals surface area (Å²) in [5.74, 6) is 3.34. The molecule has 0 amide bonds. The third-order valence-electron chi connectivity index (χ3n) is 3.13. The first-order chi connectivity index (χ1) is 9.47. The molecule has 2 aromatic heterocycles. The molecular weight excluding hydrogens is 254 g/mol. The van der Waals surface area contributed by atoms with Crippen molar-refractivity contribution in [3.63, 3.8) is 0 Å². The van der Waals surface area contributed by atoms with E-state index in [2.05, 4.69) is 25.4 Å². The first-order valence-electron chi connectivity index (χ1n) is 6.85. The van der Waals surface area contributed by atoms with Crippen molar-refractivity contribution >= 4 is 5.82 Å². The van der Waals surface area contributed by atoms with Gasteiger partial charge in [0.05, 0.1) is 0 Å². The Balaban J connectivity index is 1.95. The van der Waals surface area contributed by atoms with Gasteiger partial charge in [0.2, 0.25) is 5.89 Å². The van der Waals surface area contributed by atoms with Crippen molar-refractivity contribution in [2.24, 2.45) is 0 Å². The molecule has 0 saturated carbocycles. The van der Waals surface area contributed by atoms with Crippen LogP contribution in [0.4, 0.5) is 5.82 Å². The molecular formula is C14H21N5O. The minimum Gasteiger partial charge on any atom is -0.369 e. The molecule has 0 aliphatic carbocycles. The highest BCUT2D eigenvalue weighted by atomic mass is 16.5. The molecule has 0 bridgehead atoms. The fraction of sp³-hybridized carbons (Fsp3) is 0.571. The van der Waals surface area contributed by atoms with Crippen molar-refractivity contribution in [1.29, 1.82) is 0 Å². The van der Waals surface area contributed by atoms with E-state index in [0.717, 1.165) is 28.7 Å². The van der Waals surface area contributed by atoms with E-state index in [1.165, 1.54) is 0 Å². The number of nitrogens with one attached hydrogen (secondary N) is 1. The lowest BCUT2D eigenvalue weighted by Crippen LogP contribution is -2.10. The lowest BCUT2D eigenvalue weighted by atomic mass is 10.2. The summed E-state index contributed by atoms with van der Waals surface area (Å²) >= 11 is 0. The summed E-state index contributed by atoms with van der Waals surface area (Å²) in [6.07, 6.45) is 0.682. The van der Waals surface area contributed by atoms with Crippen LogP contribution in [0.2, 0.25) is 0 Å². The second-order valence-corrected chi connectivity index (χ2v) is 5.21. The number of hydrogen-bond acceptors (Lipinski definition) is 6. The van der Waals surface area contributed by atoms with E-state index in [0.29, 0.717) is 18.9 Å². The van der Waals surface area contributed by atoms with Gasteiger partial charge in [0.15, 0.2) is 5.82 Å². The predicted molar refractivity (Wildman–Crippen MR) is 76.8 cm³/mol. The molecule has 0 aliphatic heterocycles. The van der Waals surface area contributed by atoms with E-state index in [9.17, 15) is 0 Å². The quantitative estimate of drug-likeness (QED) is 0.903. The van der Waals surface area contributed by atoms with Crippen LogP contribution in [0.1, 0.15) is 48.6 Å². The summed E-state index contributed by atoms with van der Waals surface area (Å²) < 4.78 is 5.21. The van der Waals surface area contributed by atoms with Gasteiger partial charge in [-0.25, -0.2) is 9.97 Å². The van der Waals surface area contributed by atoms with E-state index < -0.39 is 0 Å². The fourth-order valence-corrected chi connectivity index (χ4v) is 1.83. The predicted octanol–water partition coefficient (Wildman–Crippen LogP) is 2.56. The molecule has 2 aromatic rings. The largest absolute Gasteiger partial charge is 0.369 e. The van der Waals surface area contributed by atoms with Crippen molar-refractivity contribution in [1.82, 2.24) is 20.1 Å². The molecule has 0 unspecified atom stereocenters. The molecule has 6 nitrogen and oxygen atoms in total. The minimum atomic E-state index is 0.287. The van der Waals surface area contributed by atoms with Crippen LogP contribution in [-0.2, 0) is 6.42 Å². The summed E-state index contributed by atoms with van der Waals surface area (Å²) in [6.45, 7) is 10.7. The van der Waals surface area contributed by atoms with E-state index in [4.69, 9.17) is 4.52 Å². The summed E-state index contributed by atoms with van der Waals surface area (Å²) in [5.41, 5.74) is 2.07. The highest BCUT2D eigenvalue weighted by Crippen LogP contribution is 2.15. The normalized spacial score (nSPS) is 11.1. The van der Waals surface area contributed by atoms with Gasteiger partial charge in [-0.15, -0.1) is 0 Å². The van der Waals surface area contributed by atoms with Crippen LogP contribution in [0.15, 0.2) is 4.52 Å². The van der Waals surface area contributed by atoms with Gasteiger partial charge in [-0.05, 0) is 20.8 Å². The Labute approximate surface area is 119 Å². The van der Waals surface area contributed by atoms with Crippen LogP contribution < -0.4 is 5.32 Å². The molecule has 0 spiro atoms. The Morgan fingerprint density at radius 3 is 2.50 bits per heavy atom. The van der Waals surface area contributed by atoms with Crippen molar-refractivity contribution in [2.45, 2.75) is 47.0 Å². The van der Waals surface area contributed by atoms with Gasteiger partial charge in [0, 0.05) is 30.1 Å². The number of aromatic nitrogens is 4. The third kappa shape index (κ3) is 3.31. The number of aryl methyl sites for hydroxylation is 2. The Hall–Kier alpha value is -1.98. The molecule has 108 valence electrons. The molecule has 20 heavy (non-hydrogen) atoms. The summed E-state index contributed by atoms with van der Waals surface area (Å²) in [6, 6.07) is 0. The maximum atomic E-state index is 5.21. The standard InChI is InChI=1S/C14H21N5O/c1-8(2)13-18-12(20-19-13)6-7-15-14-9(3)10(4)16-11(5)17-14/h8H,6-7H2,1-5H3,(H,15,16,17). The first kappa shape index (κ1) is 14.4. The third-order valence-corrected chi connectivity index (χ3v) is 3.13. The Morgan fingerprint density at radius 2 is 1.85 bits per heavy atom. The van der Waals surface area contributed by atoms with Crippen LogP contribution >= 0.6 is 0 Å². The zero-order valence-corrected chi connectivity index (χ0v) is 12.7. The molecule has 0 aromatic carbocycles. The van der Waals surface area contributed by atoms with Gasteiger partial charge in [0.1, 0.15) is 11.6 Å². The molecule has 0 aliphatic rings. The average Bonchev–Trinajstić information content (AvgIpc) is 2.84. The lowest BCUT2D eigenvalue weighted by Gasteiger charge is -2.10. The number of hydrogen-bond donors (Lipinski definition) is 1. The highest BCUT2D eigenvalue weighted by Gasteiger charge is 2.10. The molecule has 0 radical (unpaired) electrons. The zero-order chi connectivity index (χ0) is 14.7. The van der Waals surface area contributed by atoms with Crippen LogP contribution in [0.25, 0.3) is 0 Å². The molecule has 2 rings (SSSR count). The maximum absolute atomic E-state index is 5.21.